The maximum atomic E-state index is 11.7. The molecule has 1 aliphatic heterocycles. The van der Waals surface area contributed by atoms with E-state index < -0.39 is 0 Å². The van der Waals surface area contributed by atoms with Gasteiger partial charge < -0.3 is 15.0 Å². The van der Waals surface area contributed by atoms with Gasteiger partial charge in [0.2, 0.25) is 5.91 Å². The standard InChI is InChI=1S/C11H22N2O2/c1-4-5-9(8-15-3)12-10-6-7-13(2)11(10)14/h9-10,12H,4-8H2,1-3H3. The van der Waals surface area contributed by atoms with Crippen LogP contribution in [-0.2, 0) is 9.53 Å². The van der Waals surface area contributed by atoms with E-state index in [-0.39, 0.29) is 11.9 Å². The molecule has 4 heteroatoms. The largest absolute Gasteiger partial charge is 0.383 e. The van der Waals surface area contributed by atoms with Gasteiger partial charge in [-0.1, -0.05) is 13.3 Å². The highest BCUT2D eigenvalue weighted by Gasteiger charge is 2.30. The Balaban J connectivity index is 2.40. The van der Waals surface area contributed by atoms with Crippen molar-refractivity contribution in [2.75, 3.05) is 27.3 Å². The van der Waals surface area contributed by atoms with Crippen LogP contribution in [0.3, 0.4) is 0 Å². The van der Waals surface area contributed by atoms with Crippen LogP contribution in [0.5, 0.6) is 0 Å². The monoisotopic (exact) mass is 214 g/mol. The first-order valence-electron chi connectivity index (χ1n) is 5.69. The molecule has 88 valence electrons. The van der Waals surface area contributed by atoms with Crippen LogP contribution in [0.2, 0.25) is 0 Å². The van der Waals surface area contributed by atoms with Gasteiger partial charge in [-0.3, -0.25) is 4.79 Å². The highest BCUT2D eigenvalue weighted by atomic mass is 16.5. The fraction of sp³-hybridized carbons (Fsp3) is 0.909. The summed E-state index contributed by atoms with van der Waals surface area (Å²) in [6, 6.07) is 0.308. The van der Waals surface area contributed by atoms with E-state index in [4.69, 9.17) is 4.74 Å². The zero-order valence-corrected chi connectivity index (χ0v) is 9.95. The molecular formula is C11H22N2O2. The van der Waals surface area contributed by atoms with Crippen LogP contribution in [0.25, 0.3) is 0 Å². The number of ether oxygens (including phenoxy) is 1. The first-order valence-corrected chi connectivity index (χ1v) is 5.69. The Bertz CT molecular complexity index is 203. The maximum absolute atomic E-state index is 11.7. The van der Waals surface area contributed by atoms with Crippen molar-refractivity contribution >= 4 is 5.91 Å². The minimum absolute atomic E-state index is 0.00157. The topological polar surface area (TPSA) is 41.6 Å². The van der Waals surface area contributed by atoms with E-state index in [1.54, 1.807) is 12.0 Å². The fourth-order valence-corrected chi connectivity index (χ4v) is 2.03. The Labute approximate surface area is 92.0 Å². The lowest BCUT2D eigenvalue weighted by molar-refractivity contribution is -0.128. The first-order chi connectivity index (χ1) is 7.19. The molecule has 0 aromatic rings. The molecule has 2 unspecified atom stereocenters. The minimum atomic E-state index is 0.00157. The highest BCUT2D eigenvalue weighted by Crippen LogP contribution is 2.10. The van der Waals surface area contributed by atoms with Crippen molar-refractivity contribution in [3.8, 4) is 0 Å². The van der Waals surface area contributed by atoms with Crippen LogP contribution in [0.15, 0.2) is 0 Å². The number of methoxy groups -OCH3 is 1. The molecule has 0 aromatic carbocycles. The van der Waals surface area contributed by atoms with Crippen LogP contribution >= 0.6 is 0 Å². The van der Waals surface area contributed by atoms with Crippen LogP contribution < -0.4 is 5.32 Å². The van der Waals surface area contributed by atoms with E-state index in [1.165, 1.54) is 0 Å². The molecule has 0 aromatic heterocycles. The summed E-state index contributed by atoms with van der Waals surface area (Å²) in [6.45, 7) is 3.69. The average molecular weight is 214 g/mol. The van der Waals surface area contributed by atoms with Crippen molar-refractivity contribution in [2.45, 2.75) is 38.3 Å². The molecule has 15 heavy (non-hydrogen) atoms. The summed E-state index contributed by atoms with van der Waals surface area (Å²) >= 11 is 0. The lowest BCUT2D eigenvalue weighted by Gasteiger charge is -2.21. The Kier molecular flexibility index (Phi) is 5.05. The van der Waals surface area contributed by atoms with E-state index in [2.05, 4.69) is 12.2 Å². The smallest absolute Gasteiger partial charge is 0.239 e. The number of hydrogen-bond donors (Lipinski definition) is 1. The molecule has 1 amide bonds. The van der Waals surface area contributed by atoms with E-state index in [0.717, 1.165) is 25.8 Å². The van der Waals surface area contributed by atoms with E-state index in [9.17, 15) is 4.79 Å². The molecule has 0 radical (unpaired) electrons. The maximum Gasteiger partial charge on any atom is 0.239 e. The Hall–Kier alpha value is -0.610. The van der Waals surface area contributed by atoms with Gasteiger partial charge in [0.1, 0.15) is 0 Å². The van der Waals surface area contributed by atoms with Gasteiger partial charge in [0, 0.05) is 26.7 Å². The third kappa shape index (κ3) is 3.47. The number of carbonyl (C=O) groups excluding carboxylic acids is 1. The van der Waals surface area contributed by atoms with E-state index in [0.29, 0.717) is 12.6 Å². The Morgan fingerprint density at radius 3 is 2.87 bits per heavy atom. The van der Waals surface area contributed by atoms with E-state index >= 15 is 0 Å². The molecular weight excluding hydrogens is 192 g/mol. The highest BCUT2D eigenvalue weighted by molar-refractivity contribution is 5.83. The SMILES string of the molecule is CCCC(COC)NC1CCN(C)C1=O. The van der Waals surface area contributed by atoms with Crippen molar-refractivity contribution in [1.82, 2.24) is 10.2 Å². The molecule has 0 saturated carbocycles. The molecule has 0 spiro atoms. The number of carbonyl (C=O) groups is 1. The van der Waals surface area contributed by atoms with Crippen molar-refractivity contribution in [3.63, 3.8) is 0 Å². The van der Waals surface area contributed by atoms with Crippen molar-refractivity contribution in [3.05, 3.63) is 0 Å². The summed E-state index contributed by atoms with van der Waals surface area (Å²) in [7, 11) is 3.56. The Morgan fingerprint density at radius 1 is 1.67 bits per heavy atom. The molecule has 2 atom stereocenters. The summed E-state index contributed by atoms with van der Waals surface area (Å²) in [4.78, 5) is 13.5. The molecule has 1 rings (SSSR count). The number of amides is 1. The molecule has 0 aliphatic carbocycles. The summed E-state index contributed by atoms with van der Waals surface area (Å²) in [5.41, 5.74) is 0. The summed E-state index contributed by atoms with van der Waals surface area (Å²) in [5.74, 6) is 0.215. The fourth-order valence-electron chi connectivity index (χ4n) is 2.03. The molecule has 1 N–H and O–H groups in total. The second-order valence-electron chi connectivity index (χ2n) is 4.21. The number of nitrogens with zero attached hydrogens (tertiary/aromatic N) is 1. The van der Waals surface area contributed by atoms with Gasteiger partial charge in [-0.15, -0.1) is 0 Å². The van der Waals surface area contributed by atoms with Crippen LogP contribution in [0.4, 0.5) is 0 Å². The summed E-state index contributed by atoms with van der Waals surface area (Å²) in [6.07, 6.45) is 3.08. The number of likely N-dealkylation sites (tertiary alicyclic amines) is 1. The molecule has 1 aliphatic rings. The van der Waals surface area contributed by atoms with Crippen molar-refractivity contribution in [2.24, 2.45) is 0 Å². The van der Waals surface area contributed by atoms with Gasteiger partial charge in [0.25, 0.3) is 0 Å². The molecule has 1 saturated heterocycles. The van der Waals surface area contributed by atoms with Crippen LogP contribution in [0.1, 0.15) is 26.2 Å². The Morgan fingerprint density at radius 2 is 2.40 bits per heavy atom. The molecule has 1 fully saturated rings. The third-order valence-electron chi connectivity index (χ3n) is 2.87. The molecule has 4 nitrogen and oxygen atoms in total. The normalized spacial score (nSPS) is 23.5. The predicted octanol–water partition coefficient (Wildman–Crippen LogP) is 0.622. The summed E-state index contributed by atoms with van der Waals surface area (Å²) in [5, 5.41) is 3.38. The zero-order chi connectivity index (χ0) is 11.3. The van der Waals surface area contributed by atoms with Crippen molar-refractivity contribution < 1.29 is 9.53 Å². The molecule has 1 heterocycles. The molecule has 0 bridgehead atoms. The quantitative estimate of drug-likeness (QED) is 0.705. The summed E-state index contributed by atoms with van der Waals surface area (Å²) < 4.78 is 5.14. The number of hydrogen-bond acceptors (Lipinski definition) is 3. The lowest BCUT2D eigenvalue weighted by atomic mass is 10.1. The second-order valence-corrected chi connectivity index (χ2v) is 4.21. The third-order valence-corrected chi connectivity index (χ3v) is 2.87. The lowest BCUT2D eigenvalue weighted by Crippen LogP contribution is -2.44. The van der Waals surface area contributed by atoms with Gasteiger partial charge in [0.15, 0.2) is 0 Å². The van der Waals surface area contributed by atoms with Gasteiger partial charge in [-0.25, -0.2) is 0 Å². The number of rotatable bonds is 6. The van der Waals surface area contributed by atoms with Gasteiger partial charge >= 0.3 is 0 Å². The first kappa shape index (κ1) is 12.5. The number of nitrogens with one attached hydrogen (secondary N) is 1. The van der Waals surface area contributed by atoms with Gasteiger partial charge in [-0.2, -0.15) is 0 Å². The average Bonchev–Trinajstić information content (AvgIpc) is 2.51. The van der Waals surface area contributed by atoms with Crippen LogP contribution in [0, 0.1) is 0 Å². The minimum Gasteiger partial charge on any atom is -0.383 e. The van der Waals surface area contributed by atoms with Gasteiger partial charge in [-0.05, 0) is 12.8 Å². The zero-order valence-electron chi connectivity index (χ0n) is 9.95. The van der Waals surface area contributed by atoms with E-state index in [1.807, 2.05) is 7.05 Å². The van der Waals surface area contributed by atoms with Crippen LogP contribution in [-0.4, -0.2) is 50.2 Å². The second kappa shape index (κ2) is 6.08. The predicted molar refractivity (Wildman–Crippen MR) is 59.7 cm³/mol. The van der Waals surface area contributed by atoms with Crippen molar-refractivity contribution in [1.29, 1.82) is 0 Å². The number of likely N-dealkylation sites (N-methyl/N-ethyl adjacent to an activating group) is 1. The van der Waals surface area contributed by atoms with Gasteiger partial charge in [0.05, 0.1) is 12.6 Å².